The maximum Gasteiger partial charge on any atom is 0.322 e. The fourth-order valence-electron chi connectivity index (χ4n) is 1.50. The van der Waals surface area contributed by atoms with Crippen molar-refractivity contribution in [2.24, 2.45) is 0 Å². The van der Waals surface area contributed by atoms with Crippen molar-refractivity contribution in [3.05, 3.63) is 30.4 Å². The van der Waals surface area contributed by atoms with Crippen molar-refractivity contribution in [3.8, 4) is 0 Å². The first-order valence-electron chi connectivity index (χ1n) is 5.62. The van der Waals surface area contributed by atoms with E-state index >= 15 is 0 Å². The molecule has 0 saturated carbocycles. The predicted octanol–water partition coefficient (Wildman–Crippen LogP) is -1.34. The van der Waals surface area contributed by atoms with Crippen LogP contribution in [0, 0.1) is 0 Å². The van der Waals surface area contributed by atoms with Crippen LogP contribution in [0.4, 0.5) is 0 Å². The maximum atomic E-state index is 11.9. The van der Waals surface area contributed by atoms with E-state index in [1.54, 1.807) is 6.20 Å². The number of aromatic nitrogens is 3. The van der Waals surface area contributed by atoms with Crippen LogP contribution in [0.15, 0.2) is 24.8 Å². The van der Waals surface area contributed by atoms with Crippen molar-refractivity contribution >= 4 is 23.3 Å². The first kappa shape index (κ1) is 13.5. The van der Waals surface area contributed by atoms with Crippen LogP contribution in [0.1, 0.15) is 10.4 Å². The molecule has 2 amide bonds. The van der Waals surface area contributed by atoms with Crippen LogP contribution in [0.5, 0.6) is 0 Å². The van der Waals surface area contributed by atoms with Gasteiger partial charge < -0.3 is 15.7 Å². The van der Waals surface area contributed by atoms with Gasteiger partial charge in [-0.15, -0.1) is 0 Å². The summed E-state index contributed by atoms with van der Waals surface area (Å²) in [5.41, 5.74) is 0.792. The van der Waals surface area contributed by atoms with Crippen molar-refractivity contribution in [1.82, 2.24) is 25.2 Å². The number of carbonyl (C=O) groups is 3. The minimum Gasteiger partial charge on any atom is -0.480 e. The third-order valence-electron chi connectivity index (χ3n) is 2.42. The molecule has 9 nitrogen and oxygen atoms in total. The van der Waals surface area contributed by atoms with Crippen LogP contribution >= 0.6 is 0 Å². The zero-order valence-electron chi connectivity index (χ0n) is 10.2. The van der Waals surface area contributed by atoms with Gasteiger partial charge >= 0.3 is 5.97 Å². The number of aliphatic carboxylic acids is 1. The van der Waals surface area contributed by atoms with E-state index in [-0.39, 0.29) is 12.1 Å². The Bertz CT molecular complexity index is 666. The van der Waals surface area contributed by atoms with Crippen LogP contribution in [-0.4, -0.2) is 50.6 Å². The van der Waals surface area contributed by atoms with Gasteiger partial charge in [-0.25, -0.2) is 4.52 Å². The minimum absolute atomic E-state index is 0.282. The van der Waals surface area contributed by atoms with Crippen LogP contribution < -0.4 is 10.6 Å². The molecule has 0 saturated heterocycles. The van der Waals surface area contributed by atoms with Gasteiger partial charge in [0.25, 0.3) is 5.91 Å². The fourth-order valence-corrected chi connectivity index (χ4v) is 1.50. The minimum atomic E-state index is -1.15. The summed E-state index contributed by atoms with van der Waals surface area (Å²) in [6.45, 7) is -0.806. The fraction of sp³-hybridized carbons (Fsp3) is 0.182. The molecular weight excluding hydrogens is 266 g/mol. The summed E-state index contributed by atoms with van der Waals surface area (Å²) >= 11 is 0. The number of nitrogens with zero attached hydrogens (tertiary/aromatic N) is 3. The highest BCUT2D eigenvalue weighted by atomic mass is 16.4. The third-order valence-corrected chi connectivity index (χ3v) is 2.42. The molecule has 0 aliphatic carbocycles. The molecule has 0 unspecified atom stereocenters. The van der Waals surface area contributed by atoms with E-state index in [0.717, 1.165) is 0 Å². The summed E-state index contributed by atoms with van der Waals surface area (Å²) < 4.78 is 1.48. The van der Waals surface area contributed by atoms with Gasteiger partial charge in [-0.2, -0.15) is 5.10 Å². The molecule has 2 aromatic rings. The first-order valence-corrected chi connectivity index (χ1v) is 5.62. The van der Waals surface area contributed by atoms with E-state index < -0.39 is 24.3 Å². The van der Waals surface area contributed by atoms with Crippen LogP contribution in [0.25, 0.3) is 5.52 Å². The smallest absolute Gasteiger partial charge is 0.322 e. The third kappa shape index (κ3) is 3.07. The summed E-state index contributed by atoms with van der Waals surface area (Å²) in [5, 5.41) is 16.9. The van der Waals surface area contributed by atoms with Crippen LogP contribution in [0.3, 0.4) is 0 Å². The van der Waals surface area contributed by atoms with Crippen molar-refractivity contribution in [1.29, 1.82) is 0 Å². The normalized spacial score (nSPS) is 10.2. The molecule has 0 aromatic carbocycles. The van der Waals surface area contributed by atoms with E-state index in [9.17, 15) is 14.4 Å². The molecule has 9 heteroatoms. The van der Waals surface area contributed by atoms with Gasteiger partial charge in [0.1, 0.15) is 6.54 Å². The number of hydrogen-bond acceptors (Lipinski definition) is 5. The van der Waals surface area contributed by atoms with E-state index in [2.05, 4.69) is 20.7 Å². The van der Waals surface area contributed by atoms with Crippen LogP contribution in [-0.2, 0) is 9.59 Å². The predicted molar refractivity (Wildman–Crippen MR) is 66.0 cm³/mol. The molecule has 0 aliphatic heterocycles. The topological polar surface area (TPSA) is 126 Å². The average Bonchev–Trinajstić information content (AvgIpc) is 2.86. The van der Waals surface area contributed by atoms with Gasteiger partial charge in [-0.1, -0.05) is 0 Å². The standard InChI is InChI=1S/C11H11N5O4/c17-9(13-6-10(18)19)5-14-11(20)7-3-15-16-2-1-12-4-8(7)16/h1-4H,5-6H2,(H,13,17)(H,14,20)(H,18,19). The van der Waals surface area contributed by atoms with E-state index in [1.807, 2.05) is 0 Å². The Morgan fingerprint density at radius 2 is 2.00 bits per heavy atom. The Balaban J connectivity index is 1.95. The molecule has 104 valence electrons. The van der Waals surface area contributed by atoms with E-state index in [1.165, 1.54) is 23.1 Å². The molecule has 0 bridgehead atoms. The first-order chi connectivity index (χ1) is 9.58. The van der Waals surface area contributed by atoms with Gasteiger partial charge in [-0.05, 0) is 0 Å². The van der Waals surface area contributed by atoms with E-state index in [0.29, 0.717) is 5.52 Å². The second kappa shape index (κ2) is 5.78. The second-order valence-electron chi connectivity index (χ2n) is 3.82. The molecule has 0 radical (unpaired) electrons. The molecular formula is C11H11N5O4. The number of carbonyl (C=O) groups excluding carboxylic acids is 2. The molecule has 0 atom stereocenters. The Hall–Kier alpha value is -2.97. The van der Waals surface area contributed by atoms with Gasteiger partial charge in [-0.3, -0.25) is 19.4 Å². The number of carboxylic acid groups (broad SMARTS) is 1. The van der Waals surface area contributed by atoms with Crippen molar-refractivity contribution in [3.63, 3.8) is 0 Å². The number of carboxylic acids is 1. The zero-order valence-corrected chi connectivity index (χ0v) is 10.2. The molecule has 0 spiro atoms. The highest BCUT2D eigenvalue weighted by molar-refractivity contribution is 6.01. The van der Waals surface area contributed by atoms with Crippen molar-refractivity contribution < 1.29 is 19.5 Å². The highest BCUT2D eigenvalue weighted by Crippen LogP contribution is 2.07. The van der Waals surface area contributed by atoms with Crippen molar-refractivity contribution in [2.75, 3.05) is 13.1 Å². The summed E-state index contributed by atoms with van der Waals surface area (Å²) in [7, 11) is 0. The maximum absolute atomic E-state index is 11.9. The molecule has 20 heavy (non-hydrogen) atoms. The Morgan fingerprint density at radius 1 is 1.20 bits per heavy atom. The lowest BCUT2D eigenvalue weighted by molar-refractivity contribution is -0.137. The molecule has 0 aliphatic rings. The summed E-state index contributed by atoms with van der Waals surface area (Å²) in [6, 6.07) is 0. The zero-order chi connectivity index (χ0) is 14.5. The average molecular weight is 277 g/mol. The number of nitrogens with one attached hydrogen (secondary N) is 2. The molecule has 2 heterocycles. The summed E-state index contributed by atoms with van der Waals surface area (Å²) in [6.07, 6.45) is 5.96. The lowest BCUT2D eigenvalue weighted by Crippen LogP contribution is -2.39. The number of rotatable bonds is 5. The Kier molecular flexibility index (Phi) is 3.89. The number of hydrogen-bond donors (Lipinski definition) is 3. The number of amides is 2. The summed E-state index contributed by atoms with van der Waals surface area (Å²) in [5.74, 6) is -2.23. The lowest BCUT2D eigenvalue weighted by Gasteiger charge is -2.04. The Labute approximate surface area is 112 Å². The molecule has 3 N–H and O–H groups in total. The molecule has 0 fully saturated rings. The van der Waals surface area contributed by atoms with Crippen molar-refractivity contribution in [2.45, 2.75) is 0 Å². The molecule has 2 rings (SSSR count). The Morgan fingerprint density at radius 3 is 2.75 bits per heavy atom. The van der Waals surface area contributed by atoms with Crippen LogP contribution in [0.2, 0.25) is 0 Å². The lowest BCUT2D eigenvalue weighted by atomic mass is 10.3. The highest BCUT2D eigenvalue weighted by Gasteiger charge is 2.13. The van der Waals surface area contributed by atoms with Gasteiger partial charge in [0.15, 0.2) is 0 Å². The number of fused-ring (bicyclic) bond motifs is 1. The SMILES string of the molecule is O=C(O)CNC(=O)CNC(=O)c1cnn2ccncc12. The monoisotopic (exact) mass is 277 g/mol. The van der Waals surface area contributed by atoms with E-state index in [4.69, 9.17) is 5.11 Å². The van der Waals surface area contributed by atoms with Gasteiger partial charge in [0.05, 0.1) is 30.0 Å². The summed E-state index contributed by atoms with van der Waals surface area (Å²) in [4.78, 5) is 37.3. The molecule has 2 aromatic heterocycles. The second-order valence-corrected chi connectivity index (χ2v) is 3.82. The quantitative estimate of drug-likeness (QED) is 0.621. The van der Waals surface area contributed by atoms with Gasteiger partial charge in [0.2, 0.25) is 5.91 Å². The van der Waals surface area contributed by atoms with Gasteiger partial charge in [0, 0.05) is 12.4 Å². The largest absolute Gasteiger partial charge is 0.480 e.